The highest BCUT2D eigenvalue weighted by Crippen LogP contribution is 2.16. The molecule has 0 aliphatic rings. The maximum Gasteiger partial charge on any atom is 0.128 e. The van der Waals surface area contributed by atoms with Gasteiger partial charge < -0.3 is 5.32 Å². The fourth-order valence-electron chi connectivity index (χ4n) is 1.41. The monoisotopic (exact) mass is 283 g/mol. The molecule has 0 saturated carbocycles. The van der Waals surface area contributed by atoms with Gasteiger partial charge in [0.1, 0.15) is 11.6 Å². The van der Waals surface area contributed by atoms with Crippen molar-refractivity contribution in [2.24, 2.45) is 7.05 Å². The number of hydrogen-bond donors (Lipinski definition) is 1. The molecular weight excluding hydrogens is 273 g/mol. The Bertz CT molecular complexity index is 496. The summed E-state index contributed by atoms with van der Waals surface area (Å²) in [5.41, 5.74) is 0.621. The molecule has 2 aromatic rings. The smallest absolute Gasteiger partial charge is 0.128 e. The molecule has 84 valence electrons. The van der Waals surface area contributed by atoms with E-state index in [-0.39, 0.29) is 5.82 Å². The number of rotatable bonds is 3. The number of aryl methyl sites for hydroxylation is 1. The van der Waals surface area contributed by atoms with Gasteiger partial charge in [0.15, 0.2) is 0 Å². The van der Waals surface area contributed by atoms with E-state index in [0.29, 0.717) is 12.1 Å². The summed E-state index contributed by atoms with van der Waals surface area (Å²) in [6, 6.07) is 6.74. The molecule has 0 bridgehead atoms. The molecule has 0 radical (unpaired) electrons. The van der Waals surface area contributed by atoms with Gasteiger partial charge in [-0.15, -0.1) is 0 Å². The van der Waals surface area contributed by atoms with Gasteiger partial charge in [-0.25, -0.2) is 4.39 Å². The number of halogens is 2. The Morgan fingerprint density at radius 1 is 1.44 bits per heavy atom. The van der Waals surface area contributed by atoms with Crippen LogP contribution in [0.15, 0.2) is 34.9 Å². The van der Waals surface area contributed by atoms with Crippen LogP contribution in [0, 0.1) is 5.82 Å². The SMILES string of the molecule is Cn1nccc1NCc1cc(Br)ccc1F. The number of aromatic nitrogens is 2. The highest BCUT2D eigenvalue weighted by Gasteiger charge is 2.03. The van der Waals surface area contributed by atoms with Crippen molar-refractivity contribution >= 4 is 21.7 Å². The Labute approximate surface area is 101 Å². The minimum atomic E-state index is -0.210. The minimum Gasteiger partial charge on any atom is -0.366 e. The molecule has 0 amide bonds. The van der Waals surface area contributed by atoms with Gasteiger partial charge in [0.05, 0.1) is 6.20 Å². The van der Waals surface area contributed by atoms with Gasteiger partial charge >= 0.3 is 0 Å². The van der Waals surface area contributed by atoms with Crippen molar-refractivity contribution in [1.82, 2.24) is 9.78 Å². The zero-order valence-electron chi connectivity index (χ0n) is 8.74. The average molecular weight is 284 g/mol. The molecule has 0 unspecified atom stereocenters. The molecule has 1 N–H and O–H groups in total. The highest BCUT2D eigenvalue weighted by atomic mass is 79.9. The lowest BCUT2D eigenvalue weighted by Gasteiger charge is -2.07. The number of benzene rings is 1. The molecule has 0 aliphatic carbocycles. The Balaban J connectivity index is 2.10. The Morgan fingerprint density at radius 3 is 2.94 bits per heavy atom. The fourth-order valence-corrected chi connectivity index (χ4v) is 1.82. The number of anilines is 1. The van der Waals surface area contributed by atoms with Gasteiger partial charge in [0, 0.05) is 29.7 Å². The van der Waals surface area contributed by atoms with Gasteiger partial charge in [-0.1, -0.05) is 15.9 Å². The van der Waals surface area contributed by atoms with Crippen LogP contribution in [0.1, 0.15) is 5.56 Å². The van der Waals surface area contributed by atoms with Crippen LogP contribution in [-0.2, 0) is 13.6 Å². The largest absolute Gasteiger partial charge is 0.366 e. The number of nitrogens with zero attached hydrogens (tertiary/aromatic N) is 2. The van der Waals surface area contributed by atoms with E-state index in [1.54, 1.807) is 23.0 Å². The van der Waals surface area contributed by atoms with Crippen LogP contribution in [0.3, 0.4) is 0 Å². The van der Waals surface area contributed by atoms with E-state index in [4.69, 9.17) is 0 Å². The fraction of sp³-hybridized carbons (Fsp3) is 0.182. The summed E-state index contributed by atoms with van der Waals surface area (Å²) in [5, 5.41) is 7.14. The normalized spacial score (nSPS) is 10.4. The summed E-state index contributed by atoms with van der Waals surface area (Å²) < 4.78 is 16.0. The Kier molecular flexibility index (Phi) is 3.24. The zero-order valence-corrected chi connectivity index (χ0v) is 10.3. The lowest BCUT2D eigenvalue weighted by molar-refractivity contribution is 0.612. The summed E-state index contributed by atoms with van der Waals surface area (Å²) >= 11 is 3.32. The van der Waals surface area contributed by atoms with Gasteiger partial charge in [0.2, 0.25) is 0 Å². The minimum absolute atomic E-state index is 0.210. The van der Waals surface area contributed by atoms with Crippen LogP contribution in [0.4, 0.5) is 10.2 Å². The topological polar surface area (TPSA) is 29.9 Å². The van der Waals surface area contributed by atoms with Crippen LogP contribution < -0.4 is 5.32 Å². The van der Waals surface area contributed by atoms with Crippen molar-refractivity contribution in [2.75, 3.05) is 5.32 Å². The molecule has 0 saturated heterocycles. The van der Waals surface area contributed by atoms with Gasteiger partial charge in [0.25, 0.3) is 0 Å². The average Bonchev–Trinajstić information content (AvgIpc) is 2.66. The Hall–Kier alpha value is -1.36. The van der Waals surface area contributed by atoms with E-state index in [1.807, 2.05) is 13.1 Å². The molecular formula is C11H11BrFN3. The molecule has 0 fully saturated rings. The van der Waals surface area contributed by atoms with Crippen molar-refractivity contribution in [3.8, 4) is 0 Å². The van der Waals surface area contributed by atoms with E-state index < -0.39 is 0 Å². The quantitative estimate of drug-likeness (QED) is 0.939. The standard InChI is InChI=1S/C11H11BrFN3/c1-16-11(4-5-15-16)14-7-8-6-9(12)2-3-10(8)13/h2-6,14H,7H2,1H3. The summed E-state index contributed by atoms with van der Waals surface area (Å²) in [4.78, 5) is 0. The van der Waals surface area contributed by atoms with Crippen molar-refractivity contribution in [3.63, 3.8) is 0 Å². The van der Waals surface area contributed by atoms with E-state index in [1.165, 1.54) is 6.07 Å². The van der Waals surface area contributed by atoms with Crippen LogP contribution >= 0.6 is 15.9 Å². The summed E-state index contributed by atoms with van der Waals surface area (Å²) in [6.07, 6.45) is 1.69. The van der Waals surface area contributed by atoms with Crippen molar-refractivity contribution in [1.29, 1.82) is 0 Å². The van der Waals surface area contributed by atoms with Gasteiger partial charge in [-0.05, 0) is 18.2 Å². The third-order valence-corrected chi connectivity index (χ3v) is 2.78. The molecule has 1 aromatic heterocycles. The predicted molar refractivity (Wildman–Crippen MR) is 64.6 cm³/mol. The van der Waals surface area contributed by atoms with E-state index in [9.17, 15) is 4.39 Å². The number of hydrogen-bond acceptors (Lipinski definition) is 2. The van der Waals surface area contributed by atoms with Crippen LogP contribution in [-0.4, -0.2) is 9.78 Å². The van der Waals surface area contributed by atoms with E-state index in [0.717, 1.165) is 10.3 Å². The molecule has 1 aromatic carbocycles. The maximum atomic E-state index is 13.4. The Morgan fingerprint density at radius 2 is 2.25 bits per heavy atom. The van der Waals surface area contributed by atoms with Gasteiger partial charge in [-0.2, -0.15) is 5.10 Å². The van der Waals surface area contributed by atoms with Gasteiger partial charge in [-0.3, -0.25) is 4.68 Å². The first-order valence-corrected chi connectivity index (χ1v) is 5.62. The highest BCUT2D eigenvalue weighted by molar-refractivity contribution is 9.10. The first kappa shape index (κ1) is 11.1. The van der Waals surface area contributed by atoms with E-state index >= 15 is 0 Å². The first-order valence-electron chi connectivity index (χ1n) is 4.82. The molecule has 1 heterocycles. The number of nitrogens with one attached hydrogen (secondary N) is 1. The van der Waals surface area contributed by atoms with Crippen molar-refractivity contribution < 1.29 is 4.39 Å². The maximum absolute atomic E-state index is 13.4. The van der Waals surface area contributed by atoms with E-state index in [2.05, 4.69) is 26.3 Å². The molecule has 3 nitrogen and oxygen atoms in total. The second kappa shape index (κ2) is 4.65. The second-order valence-corrected chi connectivity index (χ2v) is 4.35. The molecule has 16 heavy (non-hydrogen) atoms. The van der Waals surface area contributed by atoms with Crippen LogP contribution in [0.2, 0.25) is 0 Å². The third kappa shape index (κ3) is 2.41. The molecule has 5 heteroatoms. The molecule has 0 atom stereocenters. The lowest BCUT2D eigenvalue weighted by atomic mass is 10.2. The summed E-state index contributed by atoms with van der Waals surface area (Å²) in [5.74, 6) is 0.650. The lowest BCUT2D eigenvalue weighted by Crippen LogP contribution is -2.05. The first-order chi connectivity index (χ1) is 7.66. The molecule has 2 rings (SSSR count). The third-order valence-electron chi connectivity index (χ3n) is 2.29. The zero-order chi connectivity index (χ0) is 11.5. The molecule has 0 aliphatic heterocycles. The second-order valence-electron chi connectivity index (χ2n) is 3.43. The summed E-state index contributed by atoms with van der Waals surface area (Å²) in [7, 11) is 1.83. The van der Waals surface area contributed by atoms with Crippen molar-refractivity contribution in [3.05, 3.63) is 46.3 Å². The van der Waals surface area contributed by atoms with Crippen LogP contribution in [0.25, 0.3) is 0 Å². The summed E-state index contributed by atoms with van der Waals surface area (Å²) in [6.45, 7) is 0.435. The predicted octanol–water partition coefficient (Wildman–Crippen LogP) is 2.93. The van der Waals surface area contributed by atoms with Crippen molar-refractivity contribution in [2.45, 2.75) is 6.54 Å². The molecule has 0 spiro atoms. The van der Waals surface area contributed by atoms with Crippen LogP contribution in [0.5, 0.6) is 0 Å².